The maximum absolute atomic E-state index is 4.09. The van der Waals surface area contributed by atoms with Gasteiger partial charge in [0.25, 0.3) is 0 Å². The van der Waals surface area contributed by atoms with Gasteiger partial charge in [0.05, 0.1) is 0 Å². The molecule has 0 spiro atoms. The molecule has 0 heterocycles. The number of hydrogen-bond acceptors (Lipinski definition) is 0. The highest BCUT2D eigenvalue weighted by Crippen LogP contribution is 2.47. The van der Waals surface area contributed by atoms with Gasteiger partial charge in [-0.05, 0) is 74.0 Å². The molecule has 0 aromatic heterocycles. The van der Waals surface area contributed by atoms with Crippen LogP contribution in [0.4, 0.5) is 0 Å². The van der Waals surface area contributed by atoms with E-state index in [0.29, 0.717) is 17.3 Å². The molecule has 0 rings (SSSR count). The summed E-state index contributed by atoms with van der Waals surface area (Å²) in [6.07, 6.45) is 18.1. The maximum Gasteiger partial charge on any atom is -0.0172 e. The molecule has 0 aliphatic rings. The molecule has 24 heavy (non-hydrogen) atoms. The molecule has 0 bridgehead atoms. The van der Waals surface area contributed by atoms with Crippen molar-refractivity contribution in [2.24, 2.45) is 22.7 Å². The van der Waals surface area contributed by atoms with E-state index in [1.807, 2.05) is 0 Å². The highest BCUT2D eigenvalue weighted by Gasteiger charge is 2.35. The zero-order valence-corrected chi connectivity index (χ0v) is 16.9. The Morgan fingerprint density at radius 1 is 0.958 bits per heavy atom. The van der Waals surface area contributed by atoms with Gasteiger partial charge in [0.1, 0.15) is 0 Å². The molecule has 0 nitrogen and oxygen atoms in total. The maximum atomic E-state index is 4.09. The lowest BCUT2D eigenvalue weighted by atomic mass is 9.63. The van der Waals surface area contributed by atoms with Crippen LogP contribution in [0.15, 0.2) is 50.6 Å². The fraction of sp³-hybridized carbons (Fsp3) is 0.667. The largest absolute Gasteiger partial charge is 0.103 e. The normalized spacial score (nSPS) is 16.7. The average Bonchev–Trinajstić information content (AvgIpc) is 2.52. The van der Waals surface area contributed by atoms with Gasteiger partial charge in [-0.15, -0.1) is 26.3 Å². The minimum atomic E-state index is 0.180. The first-order chi connectivity index (χ1) is 11.2. The molecular formula is C24H42. The molecular weight excluding hydrogens is 288 g/mol. The molecule has 0 aliphatic heterocycles. The Balaban J connectivity index is 5.41. The van der Waals surface area contributed by atoms with Gasteiger partial charge in [-0.25, -0.2) is 0 Å². The number of hydrogen-bond donors (Lipinski definition) is 0. The van der Waals surface area contributed by atoms with E-state index in [1.54, 1.807) is 0 Å². The van der Waals surface area contributed by atoms with Crippen molar-refractivity contribution in [1.29, 1.82) is 0 Å². The SMILES string of the molecule is C=CCCCC(CCC(C)C=C)(CC(C)CC=C)CC(C)(C)C=C. The molecule has 0 amide bonds. The van der Waals surface area contributed by atoms with Crippen molar-refractivity contribution in [2.45, 2.75) is 79.1 Å². The first-order valence-electron chi connectivity index (χ1n) is 9.72. The molecule has 0 fully saturated rings. The molecule has 0 radical (unpaired) electrons. The zero-order chi connectivity index (χ0) is 18.6. The van der Waals surface area contributed by atoms with Gasteiger partial charge in [-0.2, -0.15) is 0 Å². The van der Waals surface area contributed by atoms with Crippen LogP contribution in [0.5, 0.6) is 0 Å². The molecule has 0 N–H and O–H groups in total. The fourth-order valence-corrected chi connectivity index (χ4v) is 4.00. The van der Waals surface area contributed by atoms with Crippen LogP contribution in [0, 0.1) is 22.7 Å². The molecule has 0 saturated heterocycles. The van der Waals surface area contributed by atoms with E-state index in [1.165, 1.54) is 38.5 Å². The monoisotopic (exact) mass is 330 g/mol. The van der Waals surface area contributed by atoms with Crippen LogP contribution in [0.3, 0.4) is 0 Å². The van der Waals surface area contributed by atoms with Crippen LogP contribution in [0.25, 0.3) is 0 Å². The second kappa shape index (κ2) is 11.5. The number of rotatable bonds is 15. The molecule has 0 heteroatoms. The topological polar surface area (TPSA) is 0 Å². The van der Waals surface area contributed by atoms with E-state index in [4.69, 9.17) is 0 Å². The van der Waals surface area contributed by atoms with E-state index < -0.39 is 0 Å². The van der Waals surface area contributed by atoms with Gasteiger partial charge in [-0.1, -0.05) is 52.0 Å². The van der Waals surface area contributed by atoms with Gasteiger partial charge >= 0.3 is 0 Å². The van der Waals surface area contributed by atoms with Crippen molar-refractivity contribution in [3.05, 3.63) is 50.6 Å². The van der Waals surface area contributed by atoms with Crippen LogP contribution in [-0.4, -0.2) is 0 Å². The smallest absolute Gasteiger partial charge is 0.0172 e. The molecule has 138 valence electrons. The quantitative estimate of drug-likeness (QED) is 0.210. The van der Waals surface area contributed by atoms with Crippen molar-refractivity contribution >= 4 is 0 Å². The summed E-state index contributed by atoms with van der Waals surface area (Å²) in [4.78, 5) is 0. The third kappa shape index (κ3) is 9.30. The van der Waals surface area contributed by atoms with Gasteiger partial charge in [-0.3, -0.25) is 0 Å². The predicted molar refractivity (Wildman–Crippen MR) is 112 cm³/mol. The minimum Gasteiger partial charge on any atom is -0.103 e. The average molecular weight is 331 g/mol. The second-order valence-corrected chi connectivity index (χ2v) is 8.64. The predicted octanol–water partition coefficient (Wildman–Crippen LogP) is 8.14. The van der Waals surface area contributed by atoms with Crippen molar-refractivity contribution in [3.63, 3.8) is 0 Å². The first-order valence-corrected chi connectivity index (χ1v) is 9.72. The Bertz CT molecular complexity index is 387. The molecule has 3 atom stereocenters. The third-order valence-corrected chi connectivity index (χ3v) is 5.38. The van der Waals surface area contributed by atoms with Crippen molar-refractivity contribution in [1.82, 2.24) is 0 Å². The summed E-state index contributed by atoms with van der Waals surface area (Å²) in [5.41, 5.74) is 0.555. The van der Waals surface area contributed by atoms with Crippen LogP contribution < -0.4 is 0 Å². The minimum absolute atomic E-state index is 0.180. The summed E-state index contributed by atoms with van der Waals surface area (Å²) in [5, 5.41) is 0. The Kier molecular flexibility index (Phi) is 11.0. The van der Waals surface area contributed by atoms with Crippen LogP contribution >= 0.6 is 0 Å². The van der Waals surface area contributed by atoms with Crippen LogP contribution in [-0.2, 0) is 0 Å². The number of unbranched alkanes of at least 4 members (excludes halogenated alkanes) is 1. The summed E-state index contributed by atoms with van der Waals surface area (Å²) >= 11 is 0. The molecule has 0 saturated carbocycles. The van der Waals surface area contributed by atoms with Gasteiger partial charge in [0, 0.05) is 0 Å². The zero-order valence-electron chi connectivity index (χ0n) is 16.9. The summed E-state index contributed by atoms with van der Waals surface area (Å²) in [6.45, 7) is 25.2. The lowest BCUT2D eigenvalue weighted by Gasteiger charge is -2.42. The van der Waals surface area contributed by atoms with Crippen molar-refractivity contribution < 1.29 is 0 Å². The Morgan fingerprint density at radius 3 is 2.12 bits per heavy atom. The van der Waals surface area contributed by atoms with E-state index in [-0.39, 0.29) is 5.41 Å². The van der Waals surface area contributed by atoms with E-state index in [9.17, 15) is 0 Å². The highest BCUT2D eigenvalue weighted by molar-refractivity contribution is 4.96. The van der Waals surface area contributed by atoms with E-state index >= 15 is 0 Å². The summed E-state index contributed by atoms with van der Waals surface area (Å²) in [6, 6.07) is 0. The van der Waals surface area contributed by atoms with Crippen LogP contribution in [0.1, 0.15) is 79.1 Å². The summed E-state index contributed by atoms with van der Waals surface area (Å²) in [7, 11) is 0. The van der Waals surface area contributed by atoms with Crippen molar-refractivity contribution in [2.75, 3.05) is 0 Å². The van der Waals surface area contributed by atoms with Gasteiger partial charge in [0.2, 0.25) is 0 Å². The fourth-order valence-electron chi connectivity index (χ4n) is 4.00. The van der Waals surface area contributed by atoms with Crippen LogP contribution in [0.2, 0.25) is 0 Å². The van der Waals surface area contributed by atoms with Gasteiger partial charge < -0.3 is 0 Å². The van der Waals surface area contributed by atoms with Crippen molar-refractivity contribution in [3.8, 4) is 0 Å². The number of allylic oxidation sites excluding steroid dienone is 4. The molecule has 0 aliphatic carbocycles. The third-order valence-electron chi connectivity index (χ3n) is 5.38. The van der Waals surface area contributed by atoms with E-state index in [0.717, 1.165) is 12.8 Å². The van der Waals surface area contributed by atoms with Gasteiger partial charge in [0.15, 0.2) is 0 Å². The summed E-state index contributed by atoms with van der Waals surface area (Å²) in [5.74, 6) is 1.27. The summed E-state index contributed by atoms with van der Waals surface area (Å²) < 4.78 is 0. The lowest BCUT2D eigenvalue weighted by Crippen LogP contribution is -2.30. The highest BCUT2D eigenvalue weighted by atomic mass is 14.4. The van der Waals surface area contributed by atoms with E-state index in [2.05, 4.69) is 78.3 Å². The molecule has 0 aromatic rings. The first kappa shape index (κ1) is 23.0. The second-order valence-electron chi connectivity index (χ2n) is 8.64. The Hall–Kier alpha value is -1.04. The molecule has 3 unspecified atom stereocenters. The standard InChI is InChI=1S/C24H42/c1-9-13-14-17-24(18-16-21(5)11-3,19-22(6)15-10-2)20-23(7,8)12-4/h9-12,21-22H,1-4,13-20H2,5-8H3. The lowest BCUT2D eigenvalue weighted by molar-refractivity contribution is 0.112. The Labute approximate surface area is 152 Å². The molecule has 0 aromatic carbocycles. The Morgan fingerprint density at radius 2 is 1.62 bits per heavy atom.